The normalized spacial score (nSPS) is 23.7. The van der Waals surface area contributed by atoms with E-state index in [2.05, 4.69) is 25.8 Å². The number of rotatable bonds is 3. The van der Waals surface area contributed by atoms with Gasteiger partial charge in [-0.3, -0.25) is 0 Å². The molecule has 1 N–H and O–H groups in total. The lowest BCUT2D eigenvalue weighted by atomic mass is 9.80. The van der Waals surface area contributed by atoms with Crippen LogP contribution in [0, 0.1) is 0 Å². The highest BCUT2D eigenvalue weighted by Crippen LogP contribution is 2.37. The lowest BCUT2D eigenvalue weighted by molar-refractivity contribution is -0.0527. The summed E-state index contributed by atoms with van der Waals surface area (Å²) in [5, 5.41) is 12.6. The molecule has 2 atom stereocenters. The highest BCUT2D eigenvalue weighted by molar-refractivity contribution is 5.87. The average molecular weight is 351 g/mol. The number of hydrogen-bond acceptors (Lipinski definition) is 5. The Kier molecular flexibility index (Phi) is 4.17. The van der Waals surface area contributed by atoms with Gasteiger partial charge in [-0.25, -0.2) is 9.97 Å². The van der Waals surface area contributed by atoms with Crippen LogP contribution >= 0.6 is 0 Å². The smallest absolute Gasteiger partial charge is 0.145 e. The van der Waals surface area contributed by atoms with E-state index in [1.165, 1.54) is 0 Å². The summed E-state index contributed by atoms with van der Waals surface area (Å²) >= 11 is 0. The van der Waals surface area contributed by atoms with Crippen molar-refractivity contribution in [2.24, 2.45) is 7.05 Å². The number of benzene rings is 1. The van der Waals surface area contributed by atoms with Gasteiger partial charge in [-0.05, 0) is 32.1 Å². The zero-order valence-electron chi connectivity index (χ0n) is 15.5. The Balaban J connectivity index is 1.70. The van der Waals surface area contributed by atoms with Crippen molar-refractivity contribution in [3.8, 4) is 0 Å². The Labute approximate surface area is 153 Å². The van der Waals surface area contributed by atoms with Crippen LogP contribution in [-0.2, 0) is 12.6 Å². The fraction of sp³-hybridized carbons (Fsp3) is 0.400. The van der Waals surface area contributed by atoms with E-state index >= 15 is 0 Å². The summed E-state index contributed by atoms with van der Waals surface area (Å²) in [5.74, 6) is 0.942. The fourth-order valence-corrected chi connectivity index (χ4v) is 4.09. The molecule has 0 amide bonds. The van der Waals surface area contributed by atoms with Crippen LogP contribution in [0.3, 0.4) is 0 Å². The molecule has 0 aliphatic carbocycles. The number of nitrogens with zero attached hydrogens (tertiary/aromatic N) is 5. The number of fused-ring (bicyclic) bond motifs is 1. The van der Waals surface area contributed by atoms with Crippen LogP contribution in [-0.4, -0.2) is 57.8 Å². The molecule has 0 saturated carbocycles. The van der Waals surface area contributed by atoms with Crippen LogP contribution in [0.5, 0.6) is 0 Å². The first-order valence-corrected chi connectivity index (χ1v) is 8.96. The van der Waals surface area contributed by atoms with Gasteiger partial charge in [-0.2, -0.15) is 0 Å². The maximum atomic E-state index is 11.5. The first-order valence-electron chi connectivity index (χ1n) is 8.96. The molecule has 0 unspecified atom stereocenters. The summed E-state index contributed by atoms with van der Waals surface area (Å²) in [7, 11) is 6.05. The van der Waals surface area contributed by atoms with Crippen molar-refractivity contribution in [2.75, 3.05) is 32.1 Å². The Morgan fingerprint density at radius 1 is 1.15 bits per heavy atom. The predicted molar refractivity (Wildman–Crippen MR) is 103 cm³/mol. The Hall–Kier alpha value is -2.44. The molecular formula is C20H25N5O. The maximum absolute atomic E-state index is 11.5. The molecule has 1 aliphatic rings. The second-order valence-electron chi connectivity index (χ2n) is 7.33. The molecule has 2 aromatic heterocycles. The molecule has 0 radical (unpaired) electrons. The van der Waals surface area contributed by atoms with E-state index in [0.717, 1.165) is 29.0 Å². The molecular weight excluding hydrogens is 326 g/mol. The van der Waals surface area contributed by atoms with E-state index in [9.17, 15) is 5.11 Å². The lowest BCUT2D eigenvalue weighted by Gasteiger charge is -2.48. The lowest BCUT2D eigenvalue weighted by Crippen LogP contribution is -2.59. The highest BCUT2D eigenvalue weighted by atomic mass is 16.3. The van der Waals surface area contributed by atoms with E-state index in [-0.39, 0.29) is 6.04 Å². The van der Waals surface area contributed by atoms with E-state index in [4.69, 9.17) is 0 Å². The fourth-order valence-electron chi connectivity index (χ4n) is 4.09. The Morgan fingerprint density at radius 3 is 2.65 bits per heavy atom. The summed E-state index contributed by atoms with van der Waals surface area (Å²) in [5.41, 5.74) is 1.04. The minimum atomic E-state index is -0.871. The maximum Gasteiger partial charge on any atom is 0.145 e. The summed E-state index contributed by atoms with van der Waals surface area (Å²) in [6.45, 7) is 1.45. The van der Waals surface area contributed by atoms with Crippen molar-refractivity contribution < 1.29 is 5.11 Å². The number of aliphatic hydroxyl groups is 1. The molecule has 1 saturated heterocycles. The molecule has 26 heavy (non-hydrogen) atoms. The van der Waals surface area contributed by atoms with Crippen LogP contribution in [0.4, 0.5) is 5.82 Å². The predicted octanol–water partition coefficient (Wildman–Crippen LogP) is 2.00. The standard InChI is InChI=1S/C20H25N5O/c1-23(2)17-13-25(12-10-20(17,26)15-7-5-4-6-8-15)19-16-9-11-24(3)18(16)21-14-22-19/h4-9,11,14,17,26H,10,12-13H2,1-3H3/t17-,20+/m1/s1. The summed E-state index contributed by atoms with van der Waals surface area (Å²) in [4.78, 5) is 13.3. The summed E-state index contributed by atoms with van der Waals surface area (Å²) in [6.07, 6.45) is 4.29. The van der Waals surface area contributed by atoms with Gasteiger partial charge >= 0.3 is 0 Å². The van der Waals surface area contributed by atoms with Gasteiger partial charge in [-0.15, -0.1) is 0 Å². The van der Waals surface area contributed by atoms with E-state index in [0.29, 0.717) is 13.0 Å². The zero-order valence-corrected chi connectivity index (χ0v) is 15.5. The number of aromatic nitrogens is 3. The molecule has 1 fully saturated rings. The van der Waals surface area contributed by atoms with Gasteiger partial charge in [0.25, 0.3) is 0 Å². The quantitative estimate of drug-likeness (QED) is 0.782. The summed E-state index contributed by atoms with van der Waals surface area (Å²) < 4.78 is 2.01. The van der Waals surface area contributed by atoms with Gasteiger partial charge in [0.05, 0.1) is 11.4 Å². The van der Waals surface area contributed by atoms with Gasteiger partial charge in [-0.1, -0.05) is 30.3 Å². The topological polar surface area (TPSA) is 57.4 Å². The molecule has 1 aromatic carbocycles. The van der Waals surface area contributed by atoms with Gasteiger partial charge < -0.3 is 19.5 Å². The zero-order chi connectivity index (χ0) is 18.3. The van der Waals surface area contributed by atoms with Crippen LogP contribution in [0.2, 0.25) is 0 Å². The molecule has 3 aromatic rings. The van der Waals surface area contributed by atoms with Crippen molar-refractivity contribution in [2.45, 2.75) is 18.1 Å². The first kappa shape index (κ1) is 17.0. The van der Waals surface area contributed by atoms with Gasteiger partial charge in [0.2, 0.25) is 0 Å². The second kappa shape index (κ2) is 6.37. The van der Waals surface area contributed by atoms with Gasteiger partial charge in [0, 0.05) is 26.3 Å². The van der Waals surface area contributed by atoms with Crippen molar-refractivity contribution in [1.29, 1.82) is 0 Å². The second-order valence-corrected chi connectivity index (χ2v) is 7.33. The molecule has 6 heteroatoms. The molecule has 6 nitrogen and oxygen atoms in total. The molecule has 0 bridgehead atoms. The molecule has 0 spiro atoms. The van der Waals surface area contributed by atoms with Gasteiger partial charge in [0.15, 0.2) is 0 Å². The third-order valence-electron chi connectivity index (χ3n) is 5.54. The monoisotopic (exact) mass is 351 g/mol. The molecule has 1 aliphatic heterocycles. The third kappa shape index (κ3) is 2.66. The van der Waals surface area contributed by atoms with Crippen molar-refractivity contribution in [3.63, 3.8) is 0 Å². The van der Waals surface area contributed by atoms with Crippen molar-refractivity contribution in [1.82, 2.24) is 19.4 Å². The Morgan fingerprint density at radius 2 is 1.92 bits per heavy atom. The van der Waals surface area contributed by atoms with Crippen molar-refractivity contribution >= 4 is 16.9 Å². The van der Waals surface area contributed by atoms with Gasteiger partial charge in [0.1, 0.15) is 23.4 Å². The van der Waals surface area contributed by atoms with E-state index in [1.54, 1.807) is 6.33 Å². The van der Waals surface area contributed by atoms with Crippen LogP contribution in [0.1, 0.15) is 12.0 Å². The first-order chi connectivity index (χ1) is 12.5. The van der Waals surface area contributed by atoms with Crippen LogP contribution in [0.25, 0.3) is 11.0 Å². The number of likely N-dealkylation sites (N-methyl/N-ethyl adjacent to an activating group) is 1. The number of piperidine rings is 1. The molecule has 136 valence electrons. The average Bonchev–Trinajstić information content (AvgIpc) is 3.04. The van der Waals surface area contributed by atoms with E-state index < -0.39 is 5.60 Å². The van der Waals surface area contributed by atoms with Crippen LogP contribution < -0.4 is 4.90 Å². The molecule has 3 heterocycles. The summed E-state index contributed by atoms with van der Waals surface area (Å²) in [6, 6.07) is 12.0. The minimum absolute atomic E-state index is 0.0348. The highest BCUT2D eigenvalue weighted by Gasteiger charge is 2.44. The number of anilines is 1. The number of aryl methyl sites for hydroxylation is 1. The largest absolute Gasteiger partial charge is 0.383 e. The SMILES string of the molecule is CN(C)[C@@H]1CN(c2ncnc3c2ccn3C)CC[C@]1(O)c1ccccc1. The van der Waals surface area contributed by atoms with Crippen molar-refractivity contribution in [3.05, 3.63) is 54.5 Å². The minimum Gasteiger partial charge on any atom is -0.383 e. The molecule has 4 rings (SSSR count). The van der Waals surface area contributed by atoms with E-state index in [1.807, 2.05) is 62.2 Å². The third-order valence-corrected chi connectivity index (χ3v) is 5.54. The number of hydrogen-bond donors (Lipinski definition) is 1. The van der Waals surface area contributed by atoms with Crippen LogP contribution in [0.15, 0.2) is 48.9 Å². The Bertz CT molecular complexity index is 907.